The third kappa shape index (κ3) is 9.74. The zero-order valence-electron chi connectivity index (χ0n) is 40.0. The summed E-state index contributed by atoms with van der Waals surface area (Å²) in [6.07, 6.45) is 0.234. The summed E-state index contributed by atoms with van der Waals surface area (Å²) in [4.78, 5) is 14.5. The number of rotatable bonds is 10. The van der Waals surface area contributed by atoms with Crippen LogP contribution >= 0.6 is 0 Å². The summed E-state index contributed by atoms with van der Waals surface area (Å²) in [5, 5.41) is 3.11. The number of pyridine rings is 2. The Bertz CT molecular complexity index is 3260. The van der Waals surface area contributed by atoms with E-state index in [1.807, 2.05) is 72.9 Å². The first kappa shape index (κ1) is 42.7. The van der Waals surface area contributed by atoms with Crippen LogP contribution in [0.1, 0.15) is 70.2 Å². The molecule has 4 aromatic heterocycles. The van der Waals surface area contributed by atoms with Crippen molar-refractivity contribution in [2.24, 2.45) is 0 Å². The normalized spacial score (nSPS) is 12.3. The maximum atomic E-state index is 8.89. The number of fused-ring (bicyclic) bond motifs is 4. The second-order valence-electron chi connectivity index (χ2n) is 18.0. The zero-order valence-corrected chi connectivity index (χ0v) is 41.4. The van der Waals surface area contributed by atoms with E-state index < -0.39 is 14.4 Å². The Kier molecular flexibility index (Phi) is 12.8. The SMILES string of the molecule is C[Si](C)(C)c1ccc(-c2[c-]cccc2)nc1.[2H]C([2H])(c1ccccc1)c1ccc2c(n1)oc1c(-c3nc4ccccc4n3Cc3c(C(C)C)cc(-c4ccccc4)cc3C(C)C)[c-]ccc12.[Ir]. The van der Waals surface area contributed by atoms with Gasteiger partial charge in [0, 0.05) is 53.0 Å². The van der Waals surface area contributed by atoms with E-state index in [1.165, 1.54) is 33.0 Å². The number of nitrogens with zero attached hydrogens (tertiary/aromatic N) is 4. The fourth-order valence-electron chi connectivity index (χ4n) is 8.39. The van der Waals surface area contributed by atoms with Gasteiger partial charge in [0.25, 0.3) is 0 Å². The van der Waals surface area contributed by atoms with Crippen molar-refractivity contribution >= 4 is 46.4 Å². The van der Waals surface area contributed by atoms with Gasteiger partial charge in [-0.3, -0.25) is 4.98 Å². The van der Waals surface area contributed by atoms with Crippen molar-refractivity contribution in [1.82, 2.24) is 19.5 Å². The van der Waals surface area contributed by atoms with Crippen molar-refractivity contribution in [2.45, 2.75) is 72.1 Å². The molecule has 0 amide bonds. The van der Waals surface area contributed by atoms with Crippen LogP contribution in [0.2, 0.25) is 19.6 Å². The molecule has 0 bridgehead atoms. The first-order chi connectivity index (χ1) is 31.8. The van der Waals surface area contributed by atoms with Gasteiger partial charge >= 0.3 is 0 Å². The molecule has 0 saturated heterocycles. The number of para-hydroxylation sites is 2. The largest absolute Gasteiger partial charge is 0.486 e. The molecule has 0 atom stereocenters. The number of benzene rings is 6. The maximum absolute atomic E-state index is 8.89. The average molecular weight is 1050 g/mol. The second-order valence-corrected chi connectivity index (χ2v) is 23.1. The molecule has 1 radical (unpaired) electrons. The molecule has 4 heterocycles. The predicted octanol–water partition coefficient (Wildman–Crippen LogP) is 14.4. The summed E-state index contributed by atoms with van der Waals surface area (Å²) in [5.74, 6) is 1.39. The molecule has 0 aliphatic carbocycles. The van der Waals surface area contributed by atoms with Crippen LogP contribution in [-0.2, 0) is 33.0 Å². The Balaban J connectivity index is 0.000000303. The van der Waals surface area contributed by atoms with Gasteiger partial charge in [0.2, 0.25) is 5.71 Å². The van der Waals surface area contributed by atoms with Crippen LogP contribution in [0.4, 0.5) is 0 Å². The van der Waals surface area contributed by atoms with Crippen molar-refractivity contribution in [3.63, 3.8) is 0 Å². The first-order valence-corrected chi connectivity index (χ1v) is 25.7. The van der Waals surface area contributed by atoms with Gasteiger partial charge in [-0.1, -0.05) is 155 Å². The second kappa shape index (κ2) is 19.5. The van der Waals surface area contributed by atoms with Gasteiger partial charge < -0.3 is 14.0 Å². The standard InChI is InChI=1S/C44H38N3O.C14H16NSi.Ir/c1-28(2)37-25-32(31-16-9-6-10-17-31)26-38(29(3)4)39(37)27-47-41-21-12-11-20-40(41)46-43(47)36-19-13-18-34-35-23-22-33(45-44(35)48-42(34)36)24-30-14-7-5-8-15-30;1-16(2,3)13-9-10-14(15-11-13)12-7-5-4-6-8-12;/h5-18,20-23,25-26,28-29H,24,27H2,1-4H3;4-7,9-11H,1-3H3;/q2*-1;/i24D2;;. The predicted molar refractivity (Wildman–Crippen MR) is 269 cm³/mol. The fraction of sp³-hybridized carbons (Fsp3) is 0.190. The van der Waals surface area contributed by atoms with Crippen LogP contribution in [0, 0.1) is 12.1 Å². The van der Waals surface area contributed by atoms with Crippen molar-refractivity contribution in [3.8, 4) is 33.8 Å². The quantitative estimate of drug-likeness (QED) is 0.101. The fourth-order valence-corrected chi connectivity index (χ4v) is 9.42. The van der Waals surface area contributed by atoms with E-state index in [1.54, 1.807) is 18.2 Å². The maximum Gasteiger partial charge on any atom is 0.216 e. The molecule has 7 heteroatoms. The Labute approximate surface area is 400 Å². The van der Waals surface area contributed by atoms with E-state index in [0.717, 1.165) is 44.5 Å². The molecule has 5 nitrogen and oxygen atoms in total. The minimum absolute atomic E-state index is 0. The molecular formula is C58H54IrN4OSi-2. The van der Waals surface area contributed by atoms with Crippen molar-refractivity contribution in [3.05, 3.63) is 204 Å². The molecule has 10 rings (SSSR count). The number of imidazole rings is 1. The first-order valence-electron chi connectivity index (χ1n) is 23.2. The van der Waals surface area contributed by atoms with E-state index in [0.29, 0.717) is 40.9 Å². The van der Waals surface area contributed by atoms with Crippen LogP contribution in [0.15, 0.2) is 168 Å². The Hall–Kier alpha value is -6.24. The summed E-state index contributed by atoms with van der Waals surface area (Å²) < 4.78 is 26.6. The summed E-state index contributed by atoms with van der Waals surface area (Å²) >= 11 is 0. The van der Waals surface area contributed by atoms with E-state index in [2.05, 4.69) is 142 Å². The molecule has 0 unspecified atom stereocenters. The summed E-state index contributed by atoms with van der Waals surface area (Å²) in [7, 11) is -1.23. The number of hydrogen-bond acceptors (Lipinski definition) is 4. The minimum atomic E-state index is -1.78. The zero-order chi connectivity index (χ0) is 46.2. The van der Waals surface area contributed by atoms with Crippen LogP contribution in [-0.4, -0.2) is 27.6 Å². The summed E-state index contributed by atoms with van der Waals surface area (Å²) in [6, 6.07) is 59.2. The molecule has 6 aromatic carbocycles. The van der Waals surface area contributed by atoms with Gasteiger partial charge in [-0.2, -0.15) is 0 Å². The van der Waals surface area contributed by atoms with Crippen LogP contribution in [0.25, 0.3) is 66.9 Å². The van der Waals surface area contributed by atoms with Crippen molar-refractivity contribution < 1.29 is 27.3 Å². The molecule has 0 spiro atoms. The number of hydrogen-bond donors (Lipinski definition) is 0. The monoisotopic (exact) mass is 1050 g/mol. The molecule has 0 N–H and O–H groups in total. The van der Waals surface area contributed by atoms with Gasteiger partial charge in [0.05, 0.1) is 30.5 Å². The van der Waals surface area contributed by atoms with E-state index in [9.17, 15) is 0 Å². The summed E-state index contributed by atoms with van der Waals surface area (Å²) in [6.45, 7) is 16.7. The van der Waals surface area contributed by atoms with Gasteiger partial charge in [-0.25, -0.2) is 4.98 Å². The summed E-state index contributed by atoms with van der Waals surface area (Å²) in [5.41, 5.74) is 13.0. The smallest absolute Gasteiger partial charge is 0.216 e. The van der Waals surface area contributed by atoms with Crippen LogP contribution in [0.3, 0.4) is 0 Å². The van der Waals surface area contributed by atoms with Gasteiger partial charge in [0.1, 0.15) is 0 Å². The van der Waals surface area contributed by atoms with E-state index in [4.69, 9.17) is 17.1 Å². The van der Waals surface area contributed by atoms with Crippen LogP contribution < -0.4 is 5.19 Å². The molecule has 0 aliphatic rings. The third-order valence-corrected chi connectivity index (χ3v) is 13.9. The Morgan fingerprint density at radius 2 is 1.37 bits per heavy atom. The molecular weight excluding hydrogens is 989 g/mol. The third-order valence-electron chi connectivity index (χ3n) is 11.8. The van der Waals surface area contributed by atoms with Gasteiger partial charge in [-0.05, 0) is 80.4 Å². The number of aromatic nitrogens is 4. The van der Waals surface area contributed by atoms with E-state index in [-0.39, 0.29) is 20.1 Å². The Morgan fingerprint density at radius 1 is 0.677 bits per heavy atom. The Morgan fingerprint density at radius 3 is 2.03 bits per heavy atom. The molecule has 10 aromatic rings. The van der Waals surface area contributed by atoms with Gasteiger partial charge in [0.15, 0.2) is 0 Å². The van der Waals surface area contributed by atoms with Crippen molar-refractivity contribution in [2.75, 3.05) is 0 Å². The topological polar surface area (TPSA) is 56.7 Å². The molecule has 0 aliphatic heterocycles. The molecule has 65 heavy (non-hydrogen) atoms. The van der Waals surface area contributed by atoms with Crippen molar-refractivity contribution in [1.29, 1.82) is 0 Å². The van der Waals surface area contributed by atoms with Crippen LogP contribution in [0.5, 0.6) is 0 Å². The molecule has 0 fully saturated rings. The van der Waals surface area contributed by atoms with E-state index >= 15 is 0 Å². The minimum Gasteiger partial charge on any atom is -0.486 e. The number of furan rings is 1. The molecule has 327 valence electrons. The van der Waals surface area contributed by atoms with Gasteiger partial charge in [-0.15, -0.1) is 54.1 Å². The molecule has 0 saturated carbocycles. The average Bonchev–Trinajstić information content (AvgIpc) is 3.90.